The molecule has 2 aromatic carbocycles. The summed E-state index contributed by atoms with van der Waals surface area (Å²) in [5.41, 5.74) is 1.51. The van der Waals surface area contributed by atoms with E-state index in [1.165, 1.54) is 7.11 Å². The first-order valence-electron chi connectivity index (χ1n) is 7.23. The SMILES string of the molecule is COC(=O)/C=C(\Nc1ccccc1Cl)C(=O)NCc1ccccc1. The second-order valence-corrected chi connectivity index (χ2v) is 5.26. The number of halogens is 1. The molecule has 0 saturated heterocycles. The molecule has 24 heavy (non-hydrogen) atoms. The molecule has 124 valence electrons. The number of carbonyl (C=O) groups is 2. The van der Waals surface area contributed by atoms with Gasteiger partial charge in [-0.1, -0.05) is 54.1 Å². The third-order valence-corrected chi connectivity index (χ3v) is 3.48. The van der Waals surface area contributed by atoms with Crippen molar-refractivity contribution in [1.29, 1.82) is 0 Å². The van der Waals surface area contributed by atoms with Crippen LogP contribution in [0.5, 0.6) is 0 Å². The second kappa shape index (κ2) is 8.74. The quantitative estimate of drug-likeness (QED) is 0.624. The summed E-state index contributed by atoms with van der Waals surface area (Å²) in [7, 11) is 1.24. The lowest BCUT2D eigenvalue weighted by Crippen LogP contribution is -2.28. The molecule has 0 aliphatic rings. The smallest absolute Gasteiger partial charge is 0.332 e. The van der Waals surface area contributed by atoms with Gasteiger partial charge in [0.1, 0.15) is 5.70 Å². The largest absolute Gasteiger partial charge is 0.466 e. The highest BCUT2D eigenvalue weighted by atomic mass is 35.5. The van der Waals surface area contributed by atoms with Crippen LogP contribution in [0.25, 0.3) is 0 Å². The Morgan fingerprint density at radius 3 is 2.42 bits per heavy atom. The second-order valence-electron chi connectivity index (χ2n) is 4.85. The first-order chi connectivity index (χ1) is 11.6. The molecule has 0 aliphatic heterocycles. The summed E-state index contributed by atoms with van der Waals surface area (Å²) in [5.74, 6) is -1.08. The number of esters is 1. The third kappa shape index (κ3) is 5.14. The summed E-state index contributed by atoms with van der Waals surface area (Å²) in [6, 6.07) is 16.4. The zero-order valence-corrected chi connectivity index (χ0v) is 13.8. The van der Waals surface area contributed by atoms with Gasteiger partial charge in [-0.15, -0.1) is 0 Å². The lowest BCUT2D eigenvalue weighted by Gasteiger charge is -2.12. The fraction of sp³-hybridized carbons (Fsp3) is 0.111. The van der Waals surface area contributed by atoms with Crippen LogP contribution in [0, 0.1) is 0 Å². The Morgan fingerprint density at radius 1 is 1.08 bits per heavy atom. The minimum Gasteiger partial charge on any atom is -0.466 e. The number of hydrogen-bond donors (Lipinski definition) is 2. The molecule has 0 fully saturated rings. The molecular weight excluding hydrogens is 328 g/mol. The van der Waals surface area contributed by atoms with Gasteiger partial charge in [0.05, 0.1) is 23.9 Å². The van der Waals surface area contributed by atoms with E-state index >= 15 is 0 Å². The molecule has 2 aromatic rings. The summed E-state index contributed by atoms with van der Waals surface area (Å²) < 4.78 is 4.59. The van der Waals surface area contributed by atoms with Crippen molar-refractivity contribution in [2.24, 2.45) is 0 Å². The van der Waals surface area contributed by atoms with Crippen LogP contribution in [0.4, 0.5) is 5.69 Å². The van der Waals surface area contributed by atoms with Crippen molar-refractivity contribution in [3.05, 3.63) is 77.0 Å². The Hall–Kier alpha value is -2.79. The predicted octanol–water partition coefficient (Wildman–Crippen LogP) is 3.13. The number of rotatable bonds is 6. The highest BCUT2D eigenvalue weighted by Crippen LogP contribution is 2.22. The molecule has 6 heteroatoms. The topological polar surface area (TPSA) is 67.4 Å². The van der Waals surface area contributed by atoms with Crippen molar-refractivity contribution in [1.82, 2.24) is 5.32 Å². The normalized spacial score (nSPS) is 10.8. The van der Waals surface area contributed by atoms with Crippen molar-refractivity contribution in [2.45, 2.75) is 6.54 Å². The minimum absolute atomic E-state index is 0.0471. The number of amides is 1. The van der Waals surface area contributed by atoms with Crippen LogP contribution in [-0.2, 0) is 20.9 Å². The van der Waals surface area contributed by atoms with Crippen molar-refractivity contribution in [2.75, 3.05) is 12.4 Å². The third-order valence-electron chi connectivity index (χ3n) is 3.15. The molecule has 2 rings (SSSR count). The van der Waals surface area contributed by atoms with Gasteiger partial charge < -0.3 is 15.4 Å². The molecule has 0 unspecified atom stereocenters. The molecule has 0 bridgehead atoms. The molecule has 0 saturated carbocycles. The maximum Gasteiger partial charge on any atom is 0.332 e. The Labute approximate surface area is 145 Å². The zero-order chi connectivity index (χ0) is 17.4. The fourth-order valence-corrected chi connectivity index (χ4v) is 2.10. The van der Waals surface area contributed by atoms with E-state index in [0.29, 0.717) is 17.3 Å². The minimum atomic E-state index is -0.639. The molecule has 0 radical (unpaired) electrons. The summed E-state index contributed by atoms with van der Waals surface area (Å²) in [5, 5.41) is 6.05. The summed E-state index contributed by atoms with van der Waals surface area (Å²) in [6.07, 6.45) is 1.09. The molecule has 0 aliphatic carbocycles. The van der Waals surface area contributed by atoms with E-state index in [1.54, 1.807) is 24.3 Å². The summed E-state index contributed by atoms with van der Waals surface area (Å²) in [6.45, 7) is 0.336. The van der Waals surface area contributed by atoms with Crippen LogP contribution >= 0.6 is 11.6 Å². The van der Waals surface area contributed by atoms with Crippen LogP contribution in [0.1, 0.15) is 5.56 Å². The van der Waals surface area contributed by atoms with Gasteiger partial charge in [-0.25, -0.2) is 4.79 Å². The van der Waals surface area contributed by atoms with E-state index in [1.807, 2.05) is 30.3 Å². The lowest BCUT2D eigenvalue weighted by molar-refractivity contribution is -0.135. The summed E-state index contributed by atoms with van der Waals surface area (Å²) >= 11 is 6.08. The molecule has 5 nitrogen and oxygen atoms in total. The van der Waals surface area contributed by atoms with Gasteiger partial charge in [-0.05, 0) is 17.7 Å². The first kappa shape index (κ1) is 17.6. The van der Waals surface area contributed by atoms with Crippen LogP contribution in [-0.4, -0.2) is 19.0 Å². The Kier molecular flexibility index (Phi) is 6.40. The van der Waals surface area contributed by atoms with Gasteiger partial charge >= 0.3 is 5.97 Å². The number of methoxy groups -OCH3 is 1. The van der Waals surface area contributed by atoms with Gasteiger partial charge in [0, 0.05) is 6.54 Å². The van der Waals surface area contributed by atoms with E-state index in [-0.39, 0.29) is 5.70 Å². The molecule has 2 N–H and O–H groups in total. The average molecular weight is 345 g/mol. The molecule has 0 aromatic heterocycles. The number of benzene rings is 2. The van der Waals surface area contributed by atoms with Crippen LogP contribution in [0.2, 0.25) is 5.02 Å². The van der Waals surface area contributed by atoms with Crippen LogP contribution < -0.4 is 10.6 Å². The number of ether oxygens (including phenoxy) is 1. The van der Waals surface area contributed by atoms with Crippen molar-refractivity contribution >= 4 is 29.2 Å². The van der Waals surface area contributed by atoms with E-state index < -0.39 is 11.9 Å². The van der Waals surface area contributed by atoms with Crippen LogP contribution in [0.15, 0.2) is 66.4 Å². The summed E-state index contributed by atoms with van der Waals surface area (Å²) in [4.78, 5) is 23.9. The van der Waals surface area contributed by atoms with Crippen molar-refractivity contribution < 1.29 is 14.3 Å². The highest BCUT2D eigenvalue weighted by Gasteiger charge is 2.13. The Bertz CT molecular complexity index is 745. The van der Waals surface area contributed by atoms with E-state index in [4.69, 9.17) is 11.6 Å². The molecule has 1 amide bonds. The van der Waals surface area contributed by atoms with E-state index in [0.717, 1.165) is 11.6 Å². The van der Waals surface area contributed by atoms with Gasteiger partial charge in [0.15, 0.2) is 0 Å². The van der Waals surface area contributed by atoms with Gasteiger partial charge in [-0.2, -0.15) is 0 Å². The predicted molar refractivity (Wildman–Crippen MR) is 93.5 cm³/mol. The van der Waals surface area contributed by atoms with E-state index in [2.05, 4.69) is 15.4 Å². The molecule has 0 atom stereocenters. The molecule has 0 heterocycles. The van der Waals surface area contributed by atoms with E-state index in [9.17, 15) is 9.59 Å². The Morgan fingerprint density at radius 2 is 1.75 bits per heavy atom. The van der Waals surface area contributed by atoms with Crippen molar-refractivity contribution in [3.8, 4) is 0 Å². The average Bonchev–Trinajstić information content (AvgIpc) is 2.61. The maximum atomic E-state index is 12.4. The standard InChI is InChI=1S/C18H17ClN2O3/c1-24-17(22)11-16(21-15-10-6-5-9-14(15)19)18(23)20-12-13-7-3-2-4-8-13/h2-11,21H,12H2,1H3,(H,20,23)/b16-11-. The van der Waals surface area contributed by atoms with Crippen LogP contribution in [0.3, 0.4) is 0 Å². The monoisotopic (exact) mass is 344 g/mol. The van der Waals surface area contributed by atoms with Gasteiger partial charge in [0.25, 0.3) is 5.91 Å². The highest BCUT2D eigenvalue weighted by molar-refractivity contribution is 6.33. The first-order valence-corrected chi connectivity index (χ1v) is 7.61. The number of anilines is 1. The van der Waals surface area contributed by atoms with Gasteiger partial charge in [0.2, 0.25) is 0 Å². The molecule has 0 spiro atoms. The number of nitrogens with one attached hydrogen (secondary N) is 2. The molecular formula is C18H17ClN2O3. The fourth-order valence-electron chi connectivity index (χ4n) is 1.92. The Balaban J connectivity index is 2.13. The van der Waals surface area contributed by atoms with Gasteiger partial charge in [-0.3, -0.25) is 4.79 Å². The zero-order valence-electron chi connectivity index (χ0n) is 13.1. The lowest BCUT2D eigenvalue weighted by atomic mass is 10.2. The maximum absolute atomic E-state index is 12.4. The van der Waals surface area contributed by atoms with Crippen molar-refractivity contribution in [3.63, 3.8) is 0 Å². The number of carbonyl (C=O) groups excluding carboxylic acids is 2. The number of hydrogen-bond acceptors (Lipinski definition) is 4. The number of para-hydroxylation sites is 1.